The van der Waals surface area contributed by atoms with Gasteiger partial charge in [-0.15, -0.1) is 0 Å². The van der Waals surface area contributed by atoms with E-state index in [1.54, 1.807) is 21.1 Å². The number of ether oxygens (including phenoxy) is 2. The number of ketones is 1. The molecule has 0 aliphatic rings. The standard InChI is InChI=1S/C12H16O3/c1-8-5-6-11(14-3)10(7-9(2)13)12(8)15-4/h5-6H,7H2,1-4H3. The molecule has 0 aromatic heterocycles. The van der Waals surface area contributed by atoms with Gasteiger partial charge in [-0.25, -0.2) is 0 Å². The lowest BCUT2D eigenvalue weighted by atomic mass is 10.0. The van der Waals surface area contributed by atoms with Gasteiger partial charge in [0.15, 0.2) is 0 Å². The number of hydrogen-bond acceptors (Lipinski definition) is 3. The van der Waals surface area contributed by atoms with Crippen LogP contribution in [0, 0.1) is 6.92 Å². The molecule has 1 aromatic carbocycles. The van der Waals surface area contributed by atoms with E-state index in [0.29, 0.717) is 12.2 Å². The second kappa shape index (κ2) is 4.82. The van der Waals surface area contributed by atoms with Crippen LogP contribution in [-0.2, 0) is 11.2 Å². The van der Waals surface area contributed by atoms with Crippen molar-refractivity contribution in [3.63, 3.8) is 0 Å². The highest BCUT2D eigenvalue weighted by Gasteiger charge is 2.14. The highest BCUT2D eigenvalue weighted by Crippen LogP contribution is 2.32. The molecular weight excluding hydrogens is 192 g/mol. The average molecular weight is 208 g/mol. The SMILES string of the molecule is COc1ccc(C)c(OC)c1CC(C)=O. The van der Waals surface area contributed by atoms with E-state index < -0.39 is 0 Å². The molecule has 1 rings (SSSR count). The zero-order valence-electron chi connectivity index (χ0n) is 9.59. The van der Waals surface area contributed by atoms with Gasteiger partial charge < -0.3 is 9.47 Å². The summed E-state index contributed by atoms with van der Waals surface area (Å²) in [5, 5.41) is 0. The number of aryl methyl sites for hydroxylation is 1. The average Bonchev–Trinajstić information content (AvgIpc) is 2.18. The maximum atomic E-state index is 11.1. The Balaban J connectivity index is 3.26. The molecule has 0 amide bonds. The van der Waals surface area contributed by atoms with Crippen molar-refractivity contribution in [2.45, 2.75) is 20.3 Å². The summed E-state index contributed by atoms with van der Waals surface area (Å²) in [5.41, 5.74) is 1.84. The fourth-order valence-electron chi connectivity index (χ4n) is 1.62. The van der Waals surface area contributed by atoms with E-state index in [2.05, 4.69) is 0 Å². The normalized spacial score (nSPS) is 9.87. The van der Waals surface area contributed by atoms with Gasteiger partial charge >= 0.3 is 0 Å². The summed E-state index contributed by atoms with van der Waals surface area (Å²) >= 11 is 0. The topological polar surface area (TPSA) is 35.5 Å². The molecule has 0 aliphatic carbocycles. The van der Waals surface area contributed by atoms with Crippen molar-refractivity contribution in [3.05, 3.63) is 23.3 Å². The van der Waals surface area contributed by atoms with Gasteiger partial charge in [0, 0.05) is 12.0 Å². The van der Waals surface area contributed by atoms with Crippen LogP contribution in [0.1, 0.15) is 18.1 Å². The molecule has 0 unspecified atom stereocenters. The Bertz CT molecular complexity index is 369. The van der Waals surface area contributed by atoms with Gasteiger partial charge in [-0.2, -0.15) is 0 Å². The molecule has 0 atom stereocenters. The van der Waals surface area contributed by atoms with Crippen molar-refractivity contribution in [3.8, 4) is 11.5 Å². The molecule has 3 nitrogen and oxygen atoms in total. The predicted octanol–water partition coefficient (Wildman–Crippen LogP) is 2.14. The van der Waals surface area contributed by atoms with Crippen molar-refractivity contribution in [1.29, 1.82) is 0 Å². The van der Waals surface area contributed by atoms with Gasteiger partial charge in [-0.3, -0.25) is 4.79 Å². The third kappa shape index (κ3) is 2.49. The van der Waals surface area contributed by atoms with Crippen molar-refractivity contribution in [1.82, 2.24) is 0 Å². The van der Waals surface area contributed by atoms with Crippen molar-refractivity contribution < 1.29 is 14.3 Å². The molecule has 0 spiro atoms. The third-order valence-electron chi connectivity index (χ3n) is 2.26. The maximum Gasteiger partial charge on any atom is 0.134 e. The van der Waals surface area contributed by atoms with Crippen LogP contribution in [0.25, 0.3) is 0 Å². The summed E-state index contributed by atoms with van der Waals surface area (Å²) in [4.78, 5) is 11.1. The Morgan fingerprint density at radius 1 is 1.27 bits per heavy atom. The van der Waals surface area contributed by atoms with Crippen LogP contribution in [-0.4, -0.2) is 20.0 Å². The largest absolute Gasteiger partial charge is 0.496 e. The van der Waals surface area contributed by atoms with Gasteiger partial charge in [-0.05, 0) is 25.5 Å². The first kappa shape index (κ1) is 11.6. The lowest BCUT2D eigenvalue weighted by Gasteiger charge is -2.14. The van der Waals surface area contributed by atoms with Crippen LogP contribution in [0.2, 0.25) is 0 Å². The van der Waals surface area contributed by atoms with Gasteiger partial charge in [0.05, 0.1) is 14.2 Å². The smallest absolute Gasteiger partial charge is 0.134 e. The first-order valence-electron chi connectivity index (χ1n) is 4.80. The molecule has 82 valence electrons. The minimum atomic E-state index is 0.0946. The zero-order chi connectivity index (χ0) is 11.4. The predicted molar refractivity (Wildman–Crippen MR) is 58.7 cm³/mol. The maximum absolute atomic E-state index is 11.1. The number of hydrogen-bond donors (Lipinski definition) is 0. The summed E-state index contributed by atoms with van der Waals surface area (Å²) < 4.78 is 10.5. The number of rotatable bonds is 4. The van der Waals surface area contributed by atoms with E-state index in [1.807, 2.05) is 19.1 Å². The Labute approximate surface area is 90.0 Å². The highest BCUT2D eigenvalue weighted by molar-refractivity contribution is 5.80. The Hall–Kier alpha value is -1.51. The Kier molecular flexibility index (Phi) is 3.72. The van der Waals surface area contributed by atoms with Crippen molar-refractivity contribution >= 4 is 5.78 Å². The quantitative estimate of drug-likeness (QED) is 0.760. The van der Waals surface area contributed by atoms with Crippen LogP contribution in [0.3, 0.4) is 0 Å². The molecule has 0 N–H and O–H groups in total. The molecule has 1 aromatic rings. The molecule has 15 heavy (non-hydrogen) atoms. The van der Waals surface area contributed by atoms with E-state index >= 15 is 0 Å². The highest BCUT2D eigenvalue weighted by atomic mass is 16.5. The van der Waals surface area contributed by atoms with Crippen LogP contribution >= 0.6 is 0 Å². The van der Waals surface area contributed by atoms with Crippen LogP contribution in [0.5, 0.6) is 11.5 Å². The van der Waals surface area contributed by atoms with Crippen molar-refractivity contribution in [2.24, 2.45) is 0 Å². The number of carbonyl (C=O) groups is 1. The summed E-state index contributed by atoms with van der Waals surface area (Å²) in [6, 6.07) is 3.78. The number of Topliss-reactive ketones (excluding diaryl/α,β-unsaturated/α-hetero) is 1. The molecule has 0 aliphatic heterocycles. The third-order valence-corrected chi connectivity index (χ3v) is 2.26. The van der Waals surface area contributed by atoms with Gasteiger partial charge in [0.1, 0.15) is 17.3 Å². The number of benzene rings is 1. The van der Waals surface area contributed by atoms with Gasteiger partial charge in [-0.1, -0.05) is 6.07 Å². The minimum absolute atomic E-state index is 0.0946. The summed E-state index contributed by atoms with van der Waals surface area (Å²) in [6.45, 7) is 3.50. The molecule has 3 heteroatoms. The van der Waals surface area contributed by atoms with Crippen LogP contribution < -0.4 is 9.47 Å². The summed E-state index contributed by atoms with van der Waals surface area (Å²) in [6.07, 6.45) is 0.341. The van der Waals surface area contributed by atoms with E-state index in [-0.39, 0.29) is 5.78 Å². The molecule has 0 bridgehead atoms. The fraction of sp³-hybridized carbons (Fsp3) is 0.417. The van der Waals surface area contributed by atoms with Crippen molar-refractivity contribution in [2.75, 3.05) is 14.2 Å². The lowest BCUT2D eigenvalue weighted by Crippen LogP contribution is -2.03. The second-order valence-corrected chi connectivity index (χ2v) is 3.48. The summed E-state index contributed by atoms with van der Waals surface area (Å²) in [5.74, 6) is 1.54. The zero-order valence-corrected chi connectivity index (χ0v) is 9.59. The number of methoxy groups -OCH3 is 2. The molecule has 0 radical (unpaired) electrons. The molecular formula is C12H16O3. The first-order valence-corrected chi connectivity index (χ1v) is 4.80. The lowest BCUT2D eigenvalue weighted by molar-refractivity contribution is -0.116. The first-order chi connectivity index (χ1) is 7.10. The van der Waals surface area contributed by atoms with E-state index in [4.69, 9.17) is 9.47 Å². The Morgan fingerprint density at radius 3 is 2.40 bits per heavy atom. The van der Waals surface area contributed by atoms with E-state index in [0.717, 1.165) is 16.9 Å². The van der Waals surface area contributed by atoms with Crippen LogP contribution in [0.15, 0.2) is 12.1 Å². The van der Waals surface area contributed by atoms with E-state index in [1.165, 1.54) is 0 Å². The van der Waals surface area contributed by atoms with Gasteiger partial charge in [0.2, 0.25) is 0 Å². The van der Waals surface area contributed by atoms with E-state index in [9.17, 15) is 4.79 Å². The van der Waals surface area contributed by atoms with Crippen LogP contribution in [0.4, 0.5) is 0 Å². The van der Waals surface area contributed by atoms with Gasteiger partial charge in [0.25, 0.3) is 0 Å². The minimum Gasteiger partial charge on any atom is -0.496 e. The molecule has 0 fully saturated rings. The fourth-order valence-corrected chi connectivity index (χ4v) is 1.62. The number of carbonyl (C=O) groups excluding carboxylic acids is 1. The summed E-state index contributed by atoms with van der Waals surface area (Å²) in [7, 11) is 3.19. The molecule has 0 saturated carbocycles. The molecule has 0 saturated heterocycles. The monoisotopic (exact) mass is 208 g/mol. The molecule has 0 heterocycles. The second-order valence-electron chi connectivity index (χ2n) is 3.48. The Morgan fingerprint density at radius 2 is 1.93 bits per heavy atom.